The fraction of sp³-hybridized carbons (Fsp3) is 0.133. The summed E-state index contributed by atoms with van der Waals surface area (Å²) < 4.78 is 5.70. The van der Waals surface area contributed by atoms with Gasteiger partial charge in [-0.25, -0.2) is 0 Å². The number of nitro groups is 1. The van der Waals surface area contributed by atoms with Gasteiger partial charge in [-0.1, -0.05) is 30.3 Å². The molecule has 5 heteroatoms. The number of rotatable bonds is 5. The van der Waals surface area contributed by atoms with E-state index < -0.39 is 4.92 Å². The molecule has 102 valence electrons. The summed E-state index contributed by atoms with van der Waals surface area (Å²) in [6.07, 6.45) is 0.302. The van der Waals surface area contributed by atoms with Crippen LogP contribution in [0.2, 0.25) is 0 Å². The fourth-order valence-electron chi connectivity index (χ4n) is 1.83. The van der Waals surface area contributed by atoms with Crippen molar-refractivity contribution in [2.24, 2.45) is 0 Å². The molecule has 0 aliphatic heterocycles. The van der Waals surface area contributed by atoms with E-state index in [0.717, 1.165) is 5.56 Å². The third-order valence-corrected chi connectivity index (χ3v) is 2.90. The molecule has 0 aliphatic carbocycles. The van der Waals surface area contributed by atoms with Crippen LogP contribution >= 0.6 is 0 Å². The lowest BCUT2D eigenvalue weighted by atomic mass is 10.1. The van der Waals surface area contributed by atoms with Crippen molar-refractivity contribution in [3.63, 3.8) is 0 Å². The van der Waals surface area contributed by atoms with E-state index in [0.29, 0.717) is 12.0 Å². The summed E-state index contributed by atoms with van der Waals surface area (Å²) in [5.74, 6) is 0.335. The smallest absolute Gasteiger partial charge is 0.270 e. The second kappa shape index (κ2) is 5.97. The Morgan fingerprint density at radius 3 is 2.50 bits per heavy atom. The Bertz CT molecular complexity index is 625. The first-order valence-electron chi connectivity index (χ1n) is 6.07. The molecule has 2 rings (SSSR count). The van der Waals surface area contributed by atoms with Gasteiger partial charge >= 0.3 is 0 Å². The summed E-state index contributed by atoms with van der Waals surface area (Å²) in [6.45, 7) is 1.85. The van der Waals surface area contributed by atoms with Crippen LogP contribution in [0.1, 0.15) is 28.9 Å². The molecule has 0 heterocycles. The third-order valence-electron chi connectivity index (χ3n) is 2.90. The molecule has 0 saturated heterocycles. The number of hydrogen-bond donors (Lipinski definition) is 0. The van der Waals surface area contributed by atoms with E-state index in [-0.39, 0.29) is 17.4 Å². The molecule has 0 radical (unpaired) electrons. The maximum Gasteiger partial charge on any atom is 0.270 e. The topological polar surface area (TPSA) is 69.4 Å². The maximum atomic E-state index is 11.0. The minimum atomic E-state index is -0.544. The van der Waals surface area contributed by atoms with Crippen LogP contribution in [0.3, 0.4) is 0 Å². The molecule has 0 spiro atoms. The van der Waals surface area contributed by atoms with E-state index in [1.165, 1.54) is 18.2 Å². The lowest BCUT2D eigenvalue weighted by Crippen LogP contribution is -2.05. The summed E-state index contributed by atoms with van der Waals surface area (Å²) in [5.41, 5.74) is 0.997. The van der Waals surface area contributed by atoms with Gasteiger partial charge in [-0.2, -0.15) is 0 Å². The highest BCUT2D eigenvalue weighted by Gasteiger charge is 2.14. The Balaban J connectivity index is 2.25. The van der Waals surface area contributed by atoms with Crippen LogP contribution in [0.5, 0.6) is 5.75 Å². The number of nitrogens with zero attached hydrogens (tertiary/aromatic N) is 1. The third kappa shape index (κ3) is 3.00. The van der Waals surface area contributed by atoms with Crippen LogP contribution < -0.4 is 4.74 Å². The number of benzene rings is 2. The zero-order valence-electron chi connectivity index (χ0n) is 10.9. The average Bonchev–Trinajstić information content (AvgIpc) is 2.48. The van der Waals surface area contributed by atoms with Gasteiger partial charge in [-0.3, -0.25) is 14.9 Å². The van der Waals surface area contributed by atoms with E-state index in [9.17, 15) is 14.9 Å². The highest BCUT2D eigenvalue weighted by atomic mass is 16.6. The maximum absolute atomic E-state index is 11.0. The number of carbonyl (C=O) groups excluding carboxylic acids is 1. The van der Waals surface area contributed by atoms with Crippen molar-refractivity contribution >= 4 is 12.0 Å². The van der Waals surface area contributed by atoms with Crippen LogP contribution in [-0.2, 0) is 0 Å². The van der Waals surface area contributed by atoms with Crippen LogP contribution in [0.25, 0.3) is 0 Å². The minimum Gasteiger partial charge on any atom is -0.485 e. The number of ether oxygens (including phenoxy) is 1. The molecule has 0 amide bonds. The van der Waals surface area contributed by atoms with Crippen LogP contribution in [-0.4, -0.2) is 11.2 Å². The van der Waals surface area contributed by atoms with Crippen molar-refractivity contribution in [1.82, 2.24) is 0 Å². The Morgan fingerprint density at radius 2 is 1.90 bits per heavy atom. The molecule has 0 fully saturated rings. The lowest BCUT2D eigenvalue weighted by molar-refractivity contribution is -0.384. The monoisotopic (exact) mass is 271 g/mol. The van der Waals surface area contributed by atoms with E-state index in [2.05, 4.69) is 0 Å². The van der Waals surface area contributed by atoms with E-state index in [1.807, 2.05) is 37.3 Å². The highest BCUT2D eigenvalue weighted by Crippen LogP contribution is 2.27. The van der Waals surface area contributed by atoms with E-state index >= 15 is 0 Å². The van der Waals surface area contributed by atoms with Crippen LogP contribution in [0.15, 0.2) is 48.5 Å². The average molecular weight is 271 g/mol. The Morgan fingerprint density at radius 1 is 1.20 bits per heavy atom. The SMILES string of the molecule is CC(Oc1ccc([N+](=O)[O-])cc1C=O)c1ccccc1. The first-order valence-corrected chi connectivity index (χ1v) is 6.07. The van der Waals surface area contributed by atoms with Gasteiger partial charge in [-0.15, -0.1) is 0 Å². The van der Waals surface area contributed by atoms with Gasteiger partial charge in [0, 0.05) is 12.1 Å². The van der Waals surface area contributed by atoms with Crippen LogP contribution in [0, 0.1) is 10.1 Å². The summed E-state index contributed by atoms with van der Waals surface area (Å²) in [5, 5.41) is 10.7. The standard InChI is InChI=1S/C15H13NO4/c1-11(12-5-3-2-4-6-12)20-15-8-7-14(16(18)19)9-13(15)10-17/h2-11H,1H3. The quantitative estimate of drug-likeness (QED) is 0.473. The van der Waals surface area contributed by atoms with E-state index in [4.69, 9.17) is 4.74 Å². The first kappa shape index (κ1) is 13.7. The first-order chi connectivity index (χ1) is 9.61. The molecule has 1 atom stereocenters. The van der Waals surface area contributed by atoms with Crippen molar-refractivity contribution < 1.29 is 14.5 Å². The van der Waals surface area contributed by atoms with Crippen molar-refractivity contribution in [3.05, 3.63) is 69.8 Å². The lowest BCUT2D eigenvalue weighted by Gasteiger charge is -2.16. The molecular weight excluding hydrogens is 258 g/mol. The predicted molar refractivity (Wildman–Crippen MR) is 74.0 cm³/mol. The Labute approximate surface area is 116 Å². The number of carbonyl (C=O) groups is 1. The summed E-state index contributed by atoms with van der Waals surface area (Å²) in [7, 11) is 0. The minimum absolute atomic E-state index is 0.133. The molecule has 20 heavy (non-hydrogen) atoms. The molecule has 0 N–H and O–H groups in total. The summed E-state index contributed by atoms with van der Waals surface area (Å²) in [4.78, 5) is 21.1. The summed E-state index contributed by atoms with van der Waals surface area (Å²) >= 11 is 0. The molecule has 0 aliphatic rings. The molecular formula is C15H13NO4. The van der Waals surface area contributed by atoms with Gasteiger partial charge in [0.2, 0.25) is 0 Å². The molecule has 0 saturated carbocycles. The number of nitro benzene ring substituents is 1. The van der Waals surface area contributed by atoms with Crippen molar-refractivity contribution in [2.75, 3.05) is 0 Å². The highest BCUT2D eigenvalue weighted by molar-refractivity contribution is 5.80. The molecule has 2 aromatic rings. The number of hydrogen-bond acceptors (Lipinski definition) is 4. The fourth-order valence-corrected chi connectivity index (χ4v) is 1.83. The number of aldehydes is 1. The second-order valence-electron chi connectivity index (χ2n) is 4.27. The van der Waals surface area contributed by atoms with Crippen LogP contribution in [0.4, 0.5) is 5.69 Å². The summed E-state index contributed by atoms with van der Waals surface area (Å²) in [6, 6.07) is 13.5. The zero-order chi connectivity index (χ0) is 14.5. The van der Waals surface area contributed by atoms with Gasteiger partial charge in [0.05, 0.1) is 10.5 Å². The van der Waals surface area contributed by atoms with Gasteiger partial charge < -0.3 is 4.74 Å². The predicted octanol–water partition coefficient (Wildman–Crippen LogP) is 3.55. The number of non-ortho nitro benzene ring substituents is 1. The van der Waals surface area contributed by atoms with Crippen molar-refractivity contribution in [1.29, 1.82) is 0 Å². The molecule has 1 unspecified atom stereocenters. The molecule has 5 nitrogen and oxygen atoms in total. The molecule has 2 aromatic carbocycles. The van der Waals surface area contributed by atoms with Gasteiger partial charge in [0.15, 0.2) is 6.29 Å². The van der Waals surface area contributed by atoms with Crippen molar-refractivity contribution in [2.45, 2.75) is 13.0 Å². The Kier molecular flexibility index (Phi) is 4.10. The van der Waals surface area contributed by atoms with Gasteiger partial charge in [0.25, 0.3) is 5.69 Å². The Hall–Kier alpha value is -2.69. The zero-order valence-corrected chi connectivity index (χ0v) is 10.9. The molecule has 0 aromatic heterocycles. The largest absolute Gasteiger partial charge is 0.485 e. The van der Waals surface area contributed by atoms with Gasteiger partial charge in [0.1, 0.15) is 11.9 Å². The molecule has 0 bridgehead atoms. The van der Waals surface area contributed by atoms with Gasteiger partial charge in [-0.05, 0) is 18.6 Å². The second-order valence-corrected chi connectivity index (χ2v) is 4.27. The van der Waals surface area contributed by atoms with Crippen molar-refractivity contribution in [3.8, 4) is 5.75 Å². The normalized spacial score (nSPS) is 11.7. The van der Waals surface area contributed by atoms with E-state index in [1.54, 1.807) is 0 Å².